The quantitative estimate of drug-likeness (QED) is 0.253. The summed E-state index contributed by atoms with van der Waals surface area (Å²) in [6.45, 7) is 7.48. The Morgan fingerprint density at radius 1 is 1.14 bits per heavy atom. The maximum atomic E-state index is 14.3. The first-order valence-electron chi connectivity index (χ1n) is 18.7. The number of allylic oxidation sites excluding steroid dienone is 1. The number of likely N-dealkylation sites (N-methyl/N-ethyl adjacent to an activating group) is 1. The number of ether oxygens (including phenoxy) is 2. The summed E-state index contributed by atoms with van der Waals surface area (Å²) < 4.78 is 78.3. The number of benzene rings is 1. The highest BCUT2D eigenvalue weighted by Crippen LogP contribution is 2.48. The van der Waals surface area contributed by atoms with Crippen LogP contribution in [0.15, 0.2) is 35.7 Å². The van der Waals surface area contributed by atoms with Gasteiger partial charge in [0.1, 0.15) is 39.9 Å². The van der Waals surface area contributed by atoms with E-state index in [-0.39, 0.29) is 42.3 Å². The van der Waals surface area contributed by atoms with Crippen LogP contribution < -0.4 is 19.5 Å². The molecular formula is C38H45F3N6O7S2. The molecule has 56 heavy (non-hydrogen) atoms. The number of sulfonamides is 1. The molecule has 1 aromatic carbocycles. The lowest BCUT2D eigenvalue weighted by Gasteiger charge is -2.30. The number of carbonyl (C=O) groups excluding carboxylic acids is 3. The number of carbonyl (C=O) groups is 3. The predicted octanol–water partition coefficient (Wildman–Crippen LogP) is 6.18. The molecule has 2 N–H and O–H groups in total. The molecule has 1 saturated heterocycles. The van der Waals surface area contributed by atoms with Crippen LogP contribution in [0.4, 0.5) is 18.0 Å². The third kappa shape index (κ3) is 7.91. The molecule has 2 aliphatic carbocycles. The average molecular weight is 819 g/mol. The molecule has 0 unspecified atom stereocenters. The molecule has 3 fully saturated rings. The molecule has 302 valence electrons. The Morgan fingerprint density at radius 2 is 1.89 bits per heavy atom. The third-order valence-electron chi connectivity index (χ3n) is 11.1. The van der Waals surface area contributed by atoms with Gasteiger partial charge in [-0.25, -0.2) is 23.2 Å². The van der Waals surface area contributed by atoms with Crippen LogP contribution in [0.3, 0.4) is 0 Å². The third-order valence-corrected chi connectivity index (χ3v) is 14.2. The molecule has 0 radical (unpaired) electrons. The van der Waals surface area contributed by atoms with E-state index < -0.39 is 62.4 Å². The Labute approximate surface area is 327 Å². The number of alkyl halides is 3. The summed E-state index contributed by atoms with van der Waals surface area (Å²) in [5, 5.41) is 5.52. The van der Waals surface area contributed by atoms with Crippen molar-refractivity contribution >= 4 is 50.1 Å². The van der Waals surface area contributed by atoms with Crippen LogP contribution in [0.2, 0.25) is 0 Å². The molecule has 7 rings (SSSR count). The number of fused-ring (bicyclic) bond motifs is 3. The lowest BCUT2D eigenvalue weighted by Crippen LogP contribution is -2.58. The topological polar surface area (TPSA) is 160 Å². The van der Waals surface area contributed by atoms with Crippen LogP contribution in [-0.4, -0.2) is 95.0 Å². The van der Waals surface area contributed by atoms with Crippen LogP contribution in [0.5, 0.6) is 11.5 Å². The van der Waals surface area contributed by atoms with Crippen LogP contribution in [0, 0.1) is 12.8 Å². The van der Waals surface area contributed by atoms with Crippen molar-refractivity contribution in [3.63, 3.8) is 0 Å². The summed E-state index contributed by atoms with van der Waals surface area (Å²) in [5.74, 6) is -1.83. The van der Waals surface area contributed by atoms with E-state index in [0.29, 0.717) is 54.0 Å². The van der Waals surface area contributed by atoms with E-state index >= 15 is 0 Å². The number of pyridine rings is 1. The van der Waals surface area contributed by atoms with Crippen LogP contribution in [0.1, 0.15) is 82.9 Å². The van der Waals surface area contributed by atoms with Gasteiger partial charge in [0.05, 0.1) is 22.5 Å². The molecule has 4 heterocycles. The fraction of sp³-hybridized carbons (Fsp3) is 0.553. The molecule has 18 heteroatoms. The van der Waals surface area contributed by atoms with Crippen molar-refractivity contribution in [2.45, 2.75) is 107 Å². The number of amides is 4. The highest BCUT2D eigenvalue weighted by atomic mass is 32.2. The summed E-state index contributed by atoms with van der Waals surface area (Å²) >= 11 is 1.36. The highest BCUT2D eigenvalue weighted by Gasteiger charge is 2.63. The minimum Gasteiger partial charge on any atom is -0.488 e. The summed E-state index contributed by atoms with van der Waals surface area (Å²) in [4.78, 5) is 54.4. The number of rotatable bonds is 8. The van der Waals surface area contributed by atoms with Gasteiger partial charge in [-0.2, -0.15) is 0 Å². The van der Waals surface area contributed by atoms with E-state index in [0.717, 1.165) is 12.1 Å². The predicted molar refractivity (Wildman–Crippen MR) is 203 cm³/mol. The number of urea groups is 1. The molecule has 2 saturated carbocycles. The first-order valence-corrected chi connectivity index (χ1v) is 21.1. The molecule has 3 aromatic rings. The molecule has 13 nitrogen and oxygen atoms in total. The molecular weight excluding hydrogens is 774 g/mol. The van der Waals surface area contributed by atoms with Crippen molar-refractivity contribution in [1.82, 2.24) is 29.8 Å². The number of hydrogen-bond donors (Lipinski definition) is 2. The van der Waals surface area contributed by atoms with Crippen molar-refractivity contribution in [2.75, 3.05) is 20.1 Å². The van der Waals surface area contributed by atoms with Gasteiger partial charge in [0.2, 0.25) is 15.9 Å². The fourth-order valence-corrected chi connectivity index (χ4v) is 9.54. The largest absolute Gasteiger partial charge is 0.573 e. The van der Waals surface area contributed by atoms with E-state index in [9.17, 15) is 36.0 Å². The molecule has 2 aliphatic heterocycles. The molecule has 0 bridgehead atoms. The van der Waals surface area contributed by atoms with Crippen LogP contribution in [-0.2, 0) is 19.6 Å². The zero-order chi connectivity index (χ0) is 40.4. The van der Waals surface area contributed by atoms with Gasteiger partial charge in [-0.3, -0.25) is 14.3 Å². The van der Waals surface area contributed by atoms with Gasteiger partial charge in [0.25, 0.3) is 5.91 Å². The molecule has 0 spiro atoms. The van der Waals surface area contributed by atoms with Crippen molar-refractivity contribution in [3.05, 3.63) is 47.0 Å². The van der Waals surface area contributed by atoms with E-state index in [1.165, 1.54) is 28.4 Å². The van der Waals surface area contributed by atoms with Crippen LogP contribution in [0.25, 0.3) is 21.6 Å². The van der Waals surface area contributed by atoms with E-state index in [1.54, 1.807) is 31.9 Å². The SMILES string of the molecule is Cc1cc(OC(F)(F)F)cc2c(O[C@H]3C[C@H]4C(=O)N(C)CCCC/C=C\[C@@H]5C[C@@]5(C(=O)NS(=O)(=O)C5(C)CC5)NC(=O)N4C3)cc(-c3nc(C(C)C)cs3)nc12. The zero-order valence-electron chi connectivity index (χ0n) is 31.7. The zero-order valence-corrected chi connectivity index (χ0v) is 33.4. The Hall–Kier alpha value is -4.45. The minimum absolute atomic E-state index is 0.0253. The van der Waals surface area contributed by atoms with Gasteiger partial charge in [-0.15, -0.1) is 24.5 Å². The average Bonchev–Trinajstić information content (AvgIpc) is 3.88. The Balaban J connectivity index is 1.23. The maximum absolute atomic E-state index is 14.3. The number of thiazole rings is 1. The smallest absolute Gasteiger partial charge is 0.488 e. The van der Waals surface area contributed by atoms with Crippen LogP contribution >= 0.6 is 11.3 Å². The first kappa shape index (κ1) is 39.8. The standard InChI is InChI=1S/C38H45F3N6O7S2/c1-21(2)28-20-55-32(43-28)27-17-30(26-15-24(54-38(39,40)41)14-22(3)31(26)42-27)53-25-16-29-33(48)46(5)13-9-7-6-8-10-23-18-37(23,44-35(50)47(29)19-25)34(49)45-56(51,52)36(4)11-12-36/h8,10,14-15,17,20-21,23,25,29H,6-7,9,11-13,16,18-19H2,1-5H3,(H,44,50)(H,45,49)/b10-8-/t23-,25+,29+,37-/m1/s1. The number of aromatic nitrogens is 2. The highest BCUT2D eigenvalue weighted by molar-refractivity contribution is 7.91. The van der Waals surface area contributed by atoms with Gasteiger partial charge >= 0.3 is 12.4 Å². The maximum Gasteiger partial charge on any atom is 0.573 e. The van der Waals surface area contributed by atoms with Gasteiger partial charge in [-0.1, -0.05) is 26.0 Å². The Kier molecular flexibility index (Phi) is 10.3. The number of nitrogens with one attached hydrogen (secondary N) is 2. The first-order chi connectivity index (χ1) is 26.3. The molecule has 4 aliphatic rings. The molecule has 4 amide bonds. The lowest BCUT2D eigenvalue weighted by molar-refractivity contribution is -0.274. The van der Waals surface area contributed by atoms with E-state index in [4.69, 9.17) is 14.7 Å². The fourth-order valence-electron chi connectivity index (χ4n) is 7.29. The monoisotopic (exact) mass is 818 g/mol. The number of halogens is 3. The summed E-state index contributed by atoms with van der Waals surface area (Å²) in [6, 6.07) is 2.25. The normalized spacial score (nSPS) is 25.9. The van der Waals surface area contributed by atoms with Gasteiger partial charge < -0.3 is 24.6 Å². The van der Waals surface area contributed by atoms with Gasteiger partial charge in [0, 0.05) is 42.8 Å². The van der Waals surface area contributed by atoms with E-state index in [2.05, 4.69) is 14.8 Å². The summed E-state index contributed by atoms with van der Waals surface area (Å²) in [5.41, 5.74) is 0.466. The van der Waals surface area contributed by atoms with E-state index in [1.807, 2.05) is 31.4 Å². The molecule has 2 aromatic heterocycles. The second-order valence-electron chi connectivity index (χ2n) is 15.8. The summed E-state index contributed by atoms with van der Waals surface area (Å²) in [7, 11) is -2.36. The second kappa shape index (κ2) is 14.5. The molecule has 4 atom stereocenters. The van der Waals surface area contributed by atoms with Gasteiger partial charge in [-0.05, 0) is 76.0 Å². The van der Waals surface area contributed by atoms with Crippen molar-refractivity contribution < 1.29 is 45.4 Å². The van der Waals surface area contributed by atoms with Crippen molar-refractivity contribution in [3.8, 4) is 22.2 Å². The number of nitrogens with zero attached hydrogens (tertiary/aromatic N) is 4. The number of hydrogen-bond acceptors (Lipinski definition) is 10. The van der Waals surface area contributed by atoms with Gasteiger partial charge in [0.15, 0.2) is 0 Å². The number of aryl methyl sites for hydroxylation is 1. The second-order valence-corrected chi connectivity index (χ2v) is 18.9. The minimum atomic E-state index is -4.95. The van der Waals surface area contributed by atoms with Crippen molar-refractivity contribution in [2.24, 2.45) is 5.92 Å². The Bertz CT molecular complexity index is 2210. The van der Waals surface area contributed by atoms with Crippen molar-refractivity contribution in [1.29, 1.82) is 0 Å². The Morgan fingerprint density at radius 3 is 2.57 bits per heavy atom. The lowest BCUT2D eigenvalue weighted by atomic mass is 10.1. The summed E-state index contributed by atoms with van der Waals surface area (Å²) in [6.07, 6.45) is 1.09.